The fourth-order valence-corrected chi connectivity index (χ4v) is 5.45. The van der Waals surface area contributed by atoms with E-state index in [1.807, 2.05) is 42.2 Å². The molecule has 0 atom stereocenters. The molecule has 1 saturated carbocycles. The molecule has 1 N–H and O–H groups in total. The van der Waals surface area contributed by atoms with Gasteiger partial charge in [-0.25, -0.2) is 8.42 Å². The highest BCUT2D eigenvalue weighted by atomic mass is 32.2. The summed E-state index contributed by atoms with van der Waals surface area (Å²) in [7, 11) is -3.48. The molecule has 7 heteroatoms. The van der Waals surface area contributed by atoms with E-state index in [0.29, 0.717) is 44.2 Å². The molecular weight excluding hydrogens is 398 g/mol. The number of benzene rings is 2. The van der Waals surface area contributed by atoms with Crippen LogP contribution < -0.4 is 5.32 Å². The SMILES string of the molecule is Cc1ccc(S(=O)(=O)N2CCN(CC(=O)NCC3(c4ccccc4)CC3)CC2)cc1. The first kappa shape index (κ1) is 21.0. The molecule has 160 valence electrons. The lowest BCUT2D eigenvalue weighted by atomic mass is 9.96. The summed E-state index contributed by atoms with van der Waals surface area (Å²) in [5.74, 6) is 0.00653. The third-order valence-electron chi connectivity index (χ3n) is 6.22. The zero-order valence-corrected chi connectivity index (χ0v) is 18.2. The summed E-state index contributed by atoms with van der Waals surface area (Å²) < 4.78 is 27.1. The molecule has 1 aliphatic carbocycles. The maximum atomic E-state index is 12.8. The summed E-state index contributed by atoms with van der Waals surface area (Å²) in [5, 5.41) is 3.09. The molecule has 6 nitrogen and oxygen atoms in total. The Morgan fingerprint density at radius 1 is 0.967 bits per heavy atom. The first-order chi connectivity index (χ1) is 14.4. The van der Waals surface area contributed by atoms with Gasteiger partial charge in [0.2, 0.25) is 15.9 Å². The Hall–Kier alpha value is -2.22. The van der Waals surface area contributed by atoms with Gasteiger partial charge >= 0.3 is 0 Å². The van der Waals surface area contributed by atoms with Crippen molar-refractivity contribution < 1.29 is 13.2 Å². The number of nitrogens with one attached hydrogen (secondary N) is 1. The van der Waals surface area contributed by atoms with Crippen LogP contribution in [0.5, 0.6) is 0 Å². The summed E-state index contributed by atoms with van der Waals surface area (Å²) in [4.78, 5) is 14.8. The summed E-state index contributed by atoms with van der Waals surface area (Å²) in [6.07, 6.45) is 2.21. The smallest absolute Gasteiger partial charge is 0.243 e. The van der Waals surface area contributed by atoms with Gasteiger partial charge in [-0.3, -0.25) is 9.69 Å². The number of piperazine rings is 1. The molecular formula is C23H29N3O3S. The van der Waals surface area contributed by atoms with Crippen LogP contribution in [0.4, 0.5) is 0 Å². The molecule has 2 fully saturated rings. The molecule has 2 aromatic carbocycles. The molecule has 0 spiro atoms. The molecule has 0 unspecified atom stereocenters. The Balaban J connectivity index is 1.26. The van der Waals surface area contributed by atoms with E-state index in [4.69, 9.17) is 0 Å². The third-order valence-corrected chi connectivity index (χ3v) is 8.13. The fraction of sp³-hybridized carbons (Fsp3) is 0.435. The number of rotatable bonds is 7. The second kappa shape index (κ2) is 8.49. The molecule has 1 aliphatic heterocycles. The zero-order valence-electron chi connectivity index (χ0n) is 17.4. The van der Waals surface area contributed by atoms with Gasteiger partial charge in [-0.15, -0.1) is 0 Å². The van der Waals surface area contributed by atoms with Crippen LogP contribution in [0.1, 0.15) is 24.0 Å². The van der Waals surface area contributed by atoms with Crippen molar-refractivity contribution in [1.29, 1.82) is 0 Å². The minimum atomic E-state index is -3.48. The standard InChI is InChI=1S/C23H29N3O3S/c1-19-7-9-21(10-8-19)30(28,29)26-15-13-25(14-16-26)17-22(27)24-18-23(11-12-23)20-5-3-2-4-6-20/h2-10H,11-18H2,1H3,(H,24,27). The monoisotopic (exact) mass is 427 g/mol. The molecule has 1 heterocycles. The Morgan fingerprint density at radius 3 is 2.20 bits per heavy atom. The van der Waals surface area contributed by atoms with E-state index in [9.17, 15) is 13.2 Å². The van der Waals surface area contributed by atoms with E-state index in [1.54, 1.807) is 12.1 Å². The van der Waals surface area contributed by atoms with Crippen molar-refractivity contribution in [3.8, 4) is 0 Å². The van der Waals surface area contributed by atoms with Crippen LogP contribution in [0.3, 0.4) is 0 Å². The lowest BCUT2D eigenvalue weighted by molar-refractivity contribution is -0.122. The van der Waals surface area contributed by atoms with Gasteiger partial charge in [0.25, 0.3) is 0 Å². The van der Waals surface area contributed by atoms with Crippen LogP contribution in [0.25, 0.3) is 0 Å². The average Bonchev–Trinajstić information content (AvgIpc) is 3.55. The van der Waals surface area contributed by atoms with Crippen LogP contribution >= 0.6 is 0 Å². The van der Waals surface area contributed by atoms with Crippen LogP contribution in [0.15, 0.2) is 59.5 Å². The summed E-state index contributed by atoms with van der Waals surface area (Å²) >= 11 is 0. The van der Waals surface area contributed by atoms with Gasteiger partial charge in [-0.1, -0.05) is 48.0 Å². The van der Waals surface area contributed by atoms with E-state index >= 15 is 0 Å². The van der Waals surface area contributed by atoms with Gasteiger partial charge < -0.3 is 5.32 Å². The van der Waals surface area contributed by atoms with Crippen LogP contribution in [-0.4, -0.2) is 62.8 Å². The van der Waals surface area contributed by atoms with Crippen LogP contribution in [0, 0.1) is 6.92 Å². The second-order valence-electron chi connectivity index (χ2n) is 8.42. The predicted molar refractivity (Wildman–Crippen MR) is 117 cm³/mol. The Morgan fingerprint density at radius 2 is 1.60 bits per heavy atom. The van der Waals surface area contributed by atoms with E-state index in [2.05, 4.69) is 17.4 Å². The first-order valence-electron chi connectivity index (χ1n) is 10.5. The maximum absolute atomic E-state index is 12.8. The molecule has 1 amide bonds. The number of carbonyl (C=O) groups is 1. The number of amides is 1. The maximum Gasteiger partial charge on any atom is 0.243 e. The van der Waals surface area contributed by atoms with E-state index in [0.717, 1.165) is 18.4 Å². The quantitative estimate of drug-likeness (QED) is 0.735. The van der Waals surface area contributed by atoms with Gasteiger partial charge in [-0.2, -0.15) is 4.31 Å². The van der Waals surface area contributed by atoms with Gasteiger partial charge in [-0.05, 0) is 37.5 Å². The molecule has 0 bridgehead atoms. The lowest BCUT2D eigenvalue weighted by Gasteiger charge is -2.33. The van der Waals surface area contributed by atoms with Crippen molar-refractivity contribution >= 4 is 15.9 Å². The molecule has 2 aliphatic rings. The van der Waals surface area contributed by atoms with Crippen LogP contribution in [-0.2, 0) is 20.2 Å². The highest BCUT2D eigenvalue weighted by molar-refractivity contribution is 7.89. The fourth-order valence-electron chi connectivity index (χ4n) is 4.02. The molecule has 2 aromatic rings. The van der Waals surface area contributed by atoms with E-state index < -0.39 is 10.0 Å². The second-order valence-corrected chi connectivity index (χ2v) is 10.4. The van der Waals surface area contributed by atoms with Gasteiger partial charge in [0.15, 0.2) is 0 Å². The normalized spacial score (nSPS) is 19.4. The zero-order chi connectivity index (χ0) is 21.2. The van der Waals surface area contributed by atoms with Crippen molar-refractivity contribution in [2.24, 2.45) is 0 Å². The van der Waals surface area contributed by atoms with Gasteiger partial charge in [0.05, 0.1) is 11.4 Å². The van der Waals surface area contributed by atoms with Crippen molar-refractivity contribution in [2.45, 2.75) is 30.1 Å². The number of nitrogens with zero attached hydrogens (tertiary/aromatic N) is 2. The number of sulfonamides is 1. The highest BCUT2D eigenvalue weighted by Crippen LogP contribution is 2.47. The van der Waals surface area contributed by atoms with Crippen molar-refractivity contribution in [3.63, 3.8) is 0 Å². The summed E-state index contributed by atoms with van der Waals surface area (Å²) in [6.45, 7) is 4.82. The van der Waals surface area contributed by atoms with Crippen LogP contribution in [0.2, 0.25) is 0 Å². The molecule has 0 radical (unpaired) electrons. The van der Waals surface area contributed by atoms with E-state index in [-0.39, 0.29) is 11.3 Å². The summed E-state index contributed by atoms with van der Waals surface area (Å²) in [5.41, 5.74) is 2.42. The average molecular weight is 428 g/mol. The Kier molecular flexibility index (Phi) is 5.95. The van der Waals surface area contributed by atoms with E-state index in [1.165, 1.54) is 9.87 Å². The summed E-state index contributed by atoms with van der Waals surface area (Å²) in [6, 6.07) is 17.3. The molecule has 0 aromatic heterocycles. The first-order valence-corrected chi connectivity index (χ1v) is 11.9. The minimum Gasteiger partial charge on any atom is -0.354 e. The Labute approximate surface area is 178 Å². The van der Waals surface area contributed by atoms with Crippen molar-refractivity contribution in [2.75, 3.05) is 39.3 Å². The predicted octanol–water partition coefficient (Wildman–Crippen LogP) is 2.15. The van der Waals surface area contributed by atoms with Gasteiger partial charge in [0.1, 0.15) is 0 Å². The number of aryl methyl sites for hydroxylation is 1. The molecule has 4 rings (SSSR count). The Bertz CT molecular complexity index is 978. The largest absolute Gasteiger partial charge is 0.354 e. The van der Waals surface area contributed by atoms with Gasteiger partial charge in [0, 0.05) is 38.1 Å². The highest BCUT2D eigenvalue weighted by Gasteiger charge is 2.44. The van der Waals surface area contributed by atoms with Crippen molar-refractivity contribution in [3.05, 3.63) is 65.7 Å². The number of hydrogen-bond donors (Lipinski definition) is 1. The number of carbonyl (C=O) groups excluding carboxylic acids is 1. The lowest BCUT2D eigenvalue weighted by Crippen LogP contribution is -2.51. The third kappa shape index (κ3) is 4.58. The minimum absolute atomic E-state index is 0.00653. The molecule has 30 heavy (non-hydrogen) atoms. The number of hydrogen-bond acceptors (Lipinski definition) is 4. The topological polar surface area (TPSA) is 69.7 Å². The van der Waals surface area contributed by atoms with Crippen molar-refractivity contribution in [1.82, 2.24) is 14.5 Å². The molecule has 1 saturated heterocycles.